The molecular formula is C21H16Cl2N4O3. The smallest absolute Gasteiger partial charge is 0.293 e. The Balaban J connectivity index is 1.34. The van der Waals surface area contributed by atoms with Gasteiger partial charge in [-0.1, -0.05) is 41.4 Å². The van der Waals surface area contributed by atoms with Crippen molar-refractivity contribution in [1.29, 1.82) is 0 Å². The molecule has 2 heterocycles. The summed E-state index contributed by atoms with van der Waals surface area (Å²) < 4.78 is 12.7. The largest absolute Gasteiger partial charge is 0.486 e. The number of carbonyl (C=O) groups is 1. The van der Waals surface area contributed by atoms with Crippen LogP contribution in [0, 0.1) is 0 Å². The van der Waals surface area contributed by atoms with Gasteiger partial charge in [-0.2, -0.15) is 0 Å². The van der Waals surface area contributed by atoms with Crippen LogP contribution in [0.4, 0.5) is 5.95 Å². The molecule has 0 unspecified atom stereocenters. The zero-order chi connectivity index (χ0) is 20.9. The summed E-state index contributed by atoms with van der Waals surface area (Å²) in [5.74, 6) is 0.962. The van der Waals surface area contributed by atoms with E-state index < -0.39 is 5.91 Å². The number of nitrogens with one attached hydrogen (secondary N) is 1. The fraction of sp³-hybridized carbons (Fsp3) is 0.0952. The average molecular weight is 443 g/mol. The zero-order valence-electron chi connectivity index (χ0n) is 15.6. The van der Waals surface area contributed by atoms with Crippen molar-refractivity contribution in [3.05, 3.63) is 94.1 Å². The highest BCUT2D eigenvalue weighted by molar-refractivity contribution is 6.30. The zero-order valence-corrected chi connectivity index (χ0v) is 17.1. The van der Waals surface area contributed by atoms with Crippen LogP contribution in [0.3, 0.4) is 0 Å². The Morgan fingerprint density at radius 2 is 1.87 bits per heavy atom. The topological polar surface area (TPSA) is 82.2 Å². The molecule has 4 rings (SSSR count). The van der Waals surface area contributed by atoms with Crippen molar-refractivity contribution < 1.29 is 13.9 Å². The average Bonchev–Trinajstić information content (AvgIpc) is 3.36. The lowest BCUT2D eigenvalue weighted by Crippen LogP contribution is -2.12. The standard InChI is InChI=1S/C21H16Cl2N4O3/c22-15-4-1-3-14(9-15)11-27-13-24-21(26-27)25-20(28)19-8-7-18(30-19)12-29-17-6-2-5-16(23)10-17/h1-10,13H,11-12H2,(H,25,26,28). The fourth-order valence-corrected chi connectivity index (χ4v) is 3.10. The molecule has 2 aromatic heterocycles. The minimum absolute atomic E-state index is 0.130. The van der Waals surface area contributed by atoms with Crippen LogP contribution < -0.4 is 10.1 Å². The Hall–Kier alpha value is -3.29. The Labute approximate surface area is 182 Å². The van der Waals surface area contributed by atoms with Crippen molar-refractivity contribution in [3.63, 3.8) is 0 Å². The van der Waals surface area contributed by atoms with Gasteiger partial charge >= 0.3 is 0 Å². The number of halogens is 2. The number of aromatic nitrogens is 3. The number of ether oxygens (including phenoxy) is 1. The minimum Gasteiger partial charge on any atom is -0.486 e. The van der Waals surface area contributed by atoms with Gasteiger partial charge in [0.25, 0.3) is 5.91 Å². The van der Waals surface area contributed by atoms with Crippen LogP contribution in [-0.2, 0) is 13.2 Å². The Kier molecular flexibility index (Phi) is 6.02. The van der Waals surface area contributed by atoms with E-state index in [4.69, 9.17) is 32.4 Å². The molecule has 0 aliphatic carbocycles. The Morgan fingerprint density at radius 1 is 1.07 bits per heavy atom. The SMILES string of the molecule is O=C(Nc1ncn(Cc2cccc(Cl)c2)n1)c1ccc(COc2cccc(Cl)c2)o1. The maximum atomic E-state index is 12.4. The van der Waals surface area contributed by atoms with E-state index in [9.17, 15) is 4.79 Å². The highest BCUT2D eigenvalue weighted by atomic mass is 35.5. The number of carbonyl (C=O) groups excluding carboxylic acids is 1. The number of anilines is 1. The van der Waals surface area contributed by atoms with Crippen molar-refractivity contribution in [3.8, 4) is 5.75 Å². The molecule has 152 valence electrons. The number of benzene rings is 2. The van der Waals surface area contributed by atoms with Gasteiger partial charge in [-0.3, -0.25) is 10.1 Å². The van der Waals surface area contributed by atoms with Crippen molar-refractivity contribution in [2.75, 3.05) is 5.32 Å². The van der Waals surface area contributed by atoms with Crippen molar-refractivity contribution >= 4 is 35.1 Å². The summed E-state index contributed by atoms with van der Waals surface area (Å²) in [6, 6.07) is 17.7. The molecule has 0 atom stereocenters. The monoisotopic (exact) mass is 442 g/mol. The quantitative estimate of drug-likeness (QED) is 0.432. The normalized spacial score (nSPS) is 10.7. The summed E-state index contributed by atoms with van der Waals surface area (Å²) in [6.07, 6.45) is 1.53. The van der Waals surface area contributed by atoms with E-state index in [1.165, 1.54) is 6.33 Å². The summed E-state index contributed by atoms with van der Waals surface area (Å²) in [4.78, 5) is 16.5. The third kappa shape index (κ3) is 5.20. The lowest BCUT2D eigenvalue weighted by molar-refractivity contribution is 0.0991. The van der Waals surface area contributed by atoms with Gasteiger partial charge in [-0.05, 0) is 48.0 Å². The van der Waals surface area contributed by atoms with Crippen molar-refractivity contribution in [2.24, 2.45) is 0 Å². The van der Waals surface area contributed by atoms with Gasteiger partial charge in [-0.25, -0.2) is 9.67 Å². The van der Waals surface area contributed by atoms with E-state index in [0.29, 0.717) is 28.1 Å². The van der Waals surface area contributed by atoms with Gasteiger partial charge in [0.05, 0.1) is 6.54 Å². The second kappa shape index (κ2) is 9.02. The number of rotatable bonds is 7. The van der Waals surface area contributed by atoms with E-state index in [1.807, 2.05) is 18.2 Å². The summed E-state index contributed by atoms with van der Waals surface area (Å²) in [5, 5.41) is 8.08. The van der Waals surface area contributed by atoms with E-state index in [2.05, 4.69) is 15.4 Å². The number of furan rings is 1. The highest BCUT2D eigenvalue weighted by Crippen LogP contribution is 2.19. The molecule has 4 aromatic rings. The van der Waals surface area contributed by atoms with Crippen LogP contribution in [0.5, 0.6) is 5.75 Å². The molecule has 0 saturated heterocycles. The highest BCUT2D eigenvalue weighted by Gasteiger charge is 2.14. The van der Waals surface area contributed by atoms with Gasteiger partial charge in [0, 0.05) is 10.0 Å². The Morgan fingerprint density at radius 3 is 2.67 bits per heavy atom. The van der Waals surface area contributed by atoms with Gasteiger partial charge in [-0.15, -0.1) is 5.10 Å². The van der Waals surface area contributed by atoms with Crippen molar-refractivity contribution in [2.45, 2.75) is 13.2 Å². The number of hydrogen-bond donors (Lipinski definition) is 1. The molecule has 0 spiro atoms. The molecule has 0 aliphatic heterocycles. The van der Waals surface area contributed by atoms with Crippen LogP contribution in [0.1, 0.15) is 21.9 Å². The van der Waals surface area contributed by atoms with Gasteiger partial charge < -0.3 is 9.15 Å². The second-order valence-corrected chi connectivity index (χ2v) is 7.23. The van der Waals surface area contributed by atoms with Crippen LogP contribution in [-0.4, -0.2) is 20.7 Å². The molecule has 0 fully saturated rings. The molecule has 9 heteroatoms. The second-order valence-electron chi connectivity index (χ2n) is 6.36. The molecule has 0 bridgehead atoms. The summed E-state index contributed by atoms with van der Waals surface area (Å²) in [5.41, 5.74) is 0.973. The molecule has 2 aromatic carbocycles. The third-order valence-corrected chi connectivity index (χ3v) is 4.53. The molecule has 1 amide bonds. The van der Waals surface area contributed by atoms with Gasteiger partial charge in [0.2, 0.25) is 5.95 Å². The minimum atomic E-state index is -0.454. The fourth-order valence-electron chi connectivity index (χ4n) is 2.70. The van der Waals surface area contributed by atoms with Crippen LogP contribution in [0.15, 0.2) is 71.4 Å². The lowest BCUT2D eigenvalue weighted by Gasteiger charge is -2.04. The number of hydrogen-bond acceptors (Lipinski definition) is 5. The Bertz CT molecular complexity index is 1170. The molecule has 1 N–H and O–H groups in total. The van der Waals surface area contributed by atoms with Crippen LogP contribution in [0.25, 0.3) is 0 Å². The predicted octanol–water partition coefficient (Wildman–Crippen LogP) is 5.06. The molecule has 30 heavy (non-hydrogen) atoms. The summed E-state index contributed by atoms with van der Waals surface area (Å²) >= 11 is 11.9. The maximum Gasteiger partial charge on any atom is 0.293 e. The van der Waals surface area contributed by atoms with Crippen LogP contribution >= 0.6 is 23.2 Å². The van der Waals surface area contributed by atoms with E-state index >= 15 is 0 Å². The number of amides is 1. The maximum absolute atomic E-state index is 12.4. The van der Waals surface area contributed by atoms with E-state index in [1.54, 1.807) is 47.1 Å². The molecule has 0 aliphatic rings. The van der Waals surface area contributed by atoms with Gasteiger partial charge in [0.1, 0.15) is 24.4 Å². The van der Waals surface area contributed by atoms with E-state index in [-0.39, 0.29) is 18.3 Å². The predicted molar refractivity (Wildman–Crippen MR) is 113 cm³/mol. The third-order valence-electron chi connectivity index (χ3n) is 4.06. The first-order valence-corrected chi connectivity index (χ1v) is 9.73. The van der Waals surface area contributed by atoms with Crippen LogP contribution in [0.2, 0.25) is 10.0 Å². The summed E-state index contributed by atoms with van der Waals surface area (Å²) in [6.45, 7) is 0.648. The van der Waals surface area contributed by atoms with Crippen molar-refractivity contribution in [1.82, 2.24) is 14.8 Å². The first kappa shape index (κ1) is 20.0. The molecular weight excluding hydrogens is 427 g/mol. The molecule has 0 saturated carbocycles. The van der Waals surface area contributed by atoms with E-state index in [0.717, 1.165) is 5.56 Å². The lowest BCUT2D eigenvalue weighted by atomic mass is 10.2. The molecule has 0 radical (unpaired) electrons. The van der Waals surface area contributed by atoms with Gasteiger partial charge in [0.15, 0.2) is 5.76 Å². The number of nitrogens with zero attached hydrogens (tertiary/aromatic N) is 3. The first-order valence-electron chi connectivity index (χ1n) is 8.97. The first-order chi connectivity index (χ1) is 14.5. The molecule has 7 nitrogen and oxygen atoms in total. The summed E-state index contributed by atoms with van der Waals surface area (Å²) in [7, 11) is 0.